The quantitative estimate of drug-likeness (QED) is 0.350. The van der Waals surface area contributed by atoms with E-state index in [2.05, 4.69) is 12.1 Å². The summed E-state index contributed by atoms with van der Waals surface area (Å²) in [4.78, 5) is 14.3. The van der Waals surface area contributed by atoms with Crippen molar-refractivity contribution in [1.29, 1.82) is 0 Å². The van der Waals surface area contributed by atoms with Gasteiger partial charge in [-0.1, -0.05) is 48.8 Å². The van der Waals surface area contributed by atoms with E-state index in [4.69, 9.17) is 10.9 Å². The van der Waals surface area contributed by atoms with Crippen molar-refractivity contribution < 1.29 is 10.0 Å². The minimum atomic E-state index is -0.637. The first-order valence-corrected chi connectivity index (χ1v) is 7.29. The van der Waals surface area contributed by atoms with Gasteiger partial charge in [0.1, 0.15) is 5.92 Å². The van der Waals surface area contributed by atoms with E-state index in [1.165, 1.54) is 0 Å². The standard InChI is InChI=1S/C16H25N3O2/c1-4-8-12(2)19(3)16(20)14(15(17)18-21)11-13-9-6-5-7-10-13/h5-7,9-10,12,14,21H,4,8,11H2,1-3H3,(H2,17,18). The summed E-state index contributed by atoms with van der Waals surface area (Å²) in [5.74, 6) is -0.795. The van der Waals surface area contributed by atoms with Crippen molar-refractivity contribution in [2.24, 2.45) is 16.8 Å². The third kappa shape index (κ3) is 4.77. The number of amidine groups is 1. The first-order valence-electron chi connectivity index (χ1n) is 7.29. The lowest BCUT2D eigenvalue weighted by atomic mass is 9.96. The number of carbonyl (C=O) groups is 1. The molecule has 21 heavy (non-hydrogen) atoms. The molecule has 0 aliphatic heterocycles. The van der Waals surface area contributed by atoms with E-state index in [1.54, 1.807) is 11.9 Å². The number of nitrogens with two attached hydrogens (primary N) is 1. The van der Waals surface area contributed by atoms with Crippen LogP contribution in [0.3, 0.4) is 0 Å². The molecule has 0 radical (unpaired) electrons. The molecule has 0 saturated carbocycles. The topological polar surface area (TPSA) is 78.9 Å². The third-order valence-electron chi connectivity index (χ3n) is 3.77. The van der Waals surface area contributed by atoms with Crippen LogP contribution in [0.1, 0.15) is 32.3 Å². The molecule has 3 N–H and O–H groups in total. The molecular weight excluding hydrogens is 266 g/mol. The van der Waals surface area contributed by atoms with Crippen molar-refractivity contribution >= 4 is 11.7 Å². The molecule has 0 fully saturated rings. The molecule has 0 spiro atoms. The van der Waals surface area contributed by atoms with Gasteiger partial charge < -0.3 is 15.8 Å². The largest absolute Gasteiger partial charge is 0.409 e. The van der Waals surface area contributed by atoms with Crippen molar-refractivity contribution in [3.05, 3.63) is 35.9 Å². The predicted molar refractivity (Wildman–Crippen MR) is 84.2 cm³/mol. The average Bonchev–Trinajstić information content (AvgIpc) is 2.51. The van der Waals surface area contributed by atoms with Gasteiger partial charge in [0.25, 0.3) is 0 Å². The Morgan fingerprint density at radius 3 is 2.52 bits per heavy atom. The van der Waals surface area contributed by atoms with E-state index in [9.17, 15) is 4.79 Å². The molecule has 1 amide bonds. The first kappa shape index (κ1) is 17.0. The molecule has 1 rings (SSSR count). The normalized spacial score (nSPS) is 14.5. The molecule has 0 aliphatic carbocycles. The minimum Gasteiger partial charge on any atom is -0.409 e. The number of carbonyl (C=O) groups excluding carboxylic acids is 1. The SMILES string of the molecule is CCCC(C)N(C)C(=O)C(Cc1ccccc1)C(N)=NO. The predicted octanol–water partition coefficient (Wildman–Crippen LogP) is 2.24. The Labute approximate surface area is 126 Å². The van der Waals surface area contributed by atoms with Gasteiger partial charge in [-0.15, -0.1) is 0 Å². The van der Waals surface area contributed by atoms with Gasteiger partial charge in [0.15, 0.2) is 5.84 Å². The molecule has 2 atom stereocenters. The average molecular weight is 291 g/mol. The Morgan fingerprint density at radius 2 is 2.00 bits per heavy atom. The van der Waals surface area contributed by atoms with Crippen LogP contribution in [0.15, 0.2) is 35.5 Å². The van der Waals surface area contributed by atoms with Crippen LogP contribution in [0, 0.1) is 5.92 Å². The third-order valence-corrected chi connectivity index (χ3v) is 3.77. The number of oxime groups is 1. The van der Waals surface area contributed by atoms with Crippen molar-refractivity contribution in [2.45, 2.75) is 39.2 Å². The molecule has 1 aromatic rings. The van der Waals surface area contributed by atoms with Crippen molar-refractivity contribution in [2.75, 3.05) is 7.05 Å². The van der Waals surface area contributed by atoms with Crippen LogP contribution in [0.5, 0.6) is 0 Å². The van der Waals surface area contributed by atoms with Crippen molar-refractivity contribution in [1.82, 2.24) is 4.90 Å². The lowest BCUT2D eigenvalue weighted by molar-refractivity contribution is -0.134. The summed E-state index contributed by atoms with van der Waals surface area (Å²) in [6, 6.07) is 9.73. The first-order chi connectivity index (χ1) is 10.0. The lowest BCUT2D eigenvalue weighted by Crippen LogP contribution is -2.44. The van der Waals surface area contributed by atoms with Gasteiger partial charge >= 0.3 is 0 Å². The molecule has 0 heterocycles. The summed E-state index contributed by atoms with van der Waals surface area (Å²) >= 11 is 0. The Balaban J connectivity index is 2.90. The van der Waals surface area contributed by atoms with Crippen molar-refractivity contribution in [3.8, 4) is 0 Å². The highest BCUT2D eigenvalue weighted by Crippen LogP contribution is 2.15. The Hall–Kier alpha value is -2.04. The highest BCUT2D eigenvalue weighted by molar-refractivity contribution is 6.02. The number of nitrogens with zero attached hydrogens (tertiary/aromatic N) is 2. The number of hydrogen-bond acceptors (Lipinski definition) is 3. The molecular formula is C16H25N3O2. The van der Waals surface area contributed by atoms with E-state index in [-0.39, 0.29) is 17.8 Å². The molecule has 2 unspecified atom stereocenters. The van der Waals surface area contributed by atoms with E-state index in [0.717, 1.165) is 18.4 Å². The zero-order valence-corrected chi connectivity index (χ0v) is 13.0. The zero-order valence-electron chi connectivity index (χ0n) is 13.0. The van der Waals surface area contributed by atoms with Gasteiger partial charge in [0.05, 0.1) is 0 Å². The molecule has 1 aromatic carbocycles. The Bertz CT molecular complexity index is 474. The second-order valence-electron chi connectivity index (χ2n) is 5.35. The molecule has 5 nitrogen and oxygen atoms in total. The van der Waals surface area contributed by atoms with E-state index < -0.39 is 5.92 Å². The summed E-state index contributed by atoms with van der Waals surface area (Å²) in [6.07, 6.45) is 2.36. The van der Waals surface area contributed by atoms with Gasteiger partial charge in [0, 0.05) is 13.1 Å². The second kappa shape index (κ2) is 8.29. The van der Waals surface area contributed by atoms with Crippen LogP contribution in [-0.4, -0.2) is 34.9 Å². The molecule has 0 aromatic heterocycles. The van der Waals surface area contributed by atoms with E-state index in [1.807, 2.05) is 37.3 Å². The van der Waals surface area contributed by atoms with Gasteiger partial charge in [0.2, 0.25) is 5.91 Å². The molecule has 0 saturated heterocycles. The van der Waals surface area contributed by atoms with E-state index >= 15 is 0 Å². The summed E-state index contributed by atoms with van der Waals surface area (Å²) in [7, 11) is 1.77. The fraction of sp³-hybridized carbons (Fsp3) is 0.500. The highest BCUT2D eigenvalue weighted by Gasteiger charge is 2.28. The highest BCUT2D eigenvalue weighted by atomic mass is 16.4. The van der Waals surface area contributed by atoms with Crippen LogP contribution in [0.2, 0.25) is 0 Å². The maximum Gasteiger partial charge on any atom is 0.233 e. The molecule has 5 heteroatoms. The summed E-state index contributed by atoms with van der Waals surface area (Å²) < 4.78 is 0. The van der Waals surface area contributed by atoms with Crippen LogP contribution >= 0.6 is 0 Å². The Kier molecular flexibility index (Phi) is 6.72. The van der Waals surface area contributed by atoms with Crippen LogP contribution in [0.25, 0.3) is 0 Å². The maximum absolute atomic E-state index is 12.6. The van der Waals surface area contributed by atoms with E-state index in [0.29, 0.717) is 6.42 Å². The summed E-state index contributed by atoms with van der Waals surface area (Å²) in [5, 5.41) is 12.0. The molecule has 116 valence electrons. The number of rotatable bonds is 7. The second-order valence-corrected chi connectivity index (χ2v) is 5.35. The monoisotopic (exact) mass is 291 g/mol. The van der Waals surface area contributed by atoms with Crippen LogP contribution in [-0.2, 0) is 11.2 Å². The fourth-order valence-electron chi connectivity index (χ4n) is 2.31. The molecule has 0 bridgehead atoms. The zero-order chi connectivity index (χ0) is 15.8. The van der Waals surface area contributed by atoms with Crippen LogP contribution in [0.4, 0.5) is 0 Å². The minimum absolute atomic E-state index is 0.0422. The summed E-state index contributed by atoms with van der Waals surface area (Å²) in [5.41, 5.74) is 6.72. The lowest BCUT2D eigenvalue weighted by Gasteiger charge is -2.28. The maximum atomic E-state index is 12.6. The van der Waals surface area contributed by atoms with Gasteiger partial charge in [-0.3, -0.25) is 4.79 Å². The Morgan fingerprint density at radius 1 is 1.38 bits per heavy atom. The van der Waals surface area contributed by atoms with Crippen molar-refractivity contribution in [3.63, 3.8) is 0 Å². The number of amides is 1. The summed E-state index contributed by atoms with van der Waals surface area (Å²) in [6.45, 7) is 4.09. The number of hydrogen-bond donors (Lipinski definition) is 2. The number of benzene rings is 1. The van der Waals surface area contributed by atoms with Crippen LogP contribution < -0.4 is 5.73 Å². The van der Waals surface area contributed by atoms with Gasteiger partial charge in [-0.2, -0.15) is 0 Å². The van der Waals surface area contributed by atoms with Gasteiger partial charge in [-0.25, -0.2) is 0 Å². The van der Waals surface area contributed by atoms with Gasteiger partial charge in [-0.05, 0) is 25.3 Å². The smallest absolute Gasteiger partial charge is 0.233 e. The fourth-order valence-corrected chi connectivity index (χ4v) is 2.31. The molecule has 0 aliphatic rings.